The fraction of sp³-hybridized carbons (Fsp3) is 0.600. The SMILES string of the molecule is Cc1cccc(CC2C(N)C3CCN2CC3)c1. The van der Waals surface area contributed by atoms with Crippen LogP contribution in [-0.4, -0.2) is 30.1 Å². The molecular weight excluding hydrogens is 208 g/mol. The Morgan fingerprint density at radius 1 is 1.29 bits per heavy atom. The van der Waals surface area contributed by atoms with Crippen LogP contribution in [0, 0.1) is 12.8 Å². The van der Waals surface area contributed by atoms with Gasteiger partial charge in [-0.3, -0.25) is 4.90 Å². The van der Waals surface area contributed by atoms with Crippen molar-refractivity contribution in [3.05, 3.63) is 35.4 Å². The number of piperidine rings is 3. The van der Waals surface area contributed by atoms with E-state index in [1.807, 2.05) is 0 Å². The number of benzene rings is 1. The van der Waals surface area contributed by atoms with Crippen molar-refractivity contribution in [2.45, 2.75) is 38.3 Å². The van der Waals surface area contributed by atoms with Gasteiger partial charge < -0.3 is 5.73 Å². The maximum atomic E-state index is 6.41. The molecular formula is C15H22N2. The zero-order valence-corrected chi connectivity index (χ0v) is 10.6. The highest BCUT2D eigenvalue weighted by molar-refractivity contribution is 5.23. The summed E-state index contributed by atoms with van der Waals surface area (Å²) in [5.41, 5.74) is 9.20. The van der Waals surface area contributed by atoms with E-state index in [0.29, 0.717) is 12.1 Å². The van der Waals surface area contributed by atoms with Crippen LogP contribution in [0.2, 0.25) is 0 Å². The zero-order chi connectivity index (χ0) is 11.8. The number of hydrogen-bond donors (Lipinski definition) is 1. The maximum absolute atomic E-state index is 6.41. The highest BCUT2D eigenvalue weighted by atomic mass is 15.2. The highest BCUT2D eigenvalue weighted by Crippen LogP contribution is 2.32. The van der Waals surface area contributed by atoms with Gasteiger partial charge in [-0.05, 0) is 50.8 Å². The lowest BCUT2D eigenvalue weighted by molar-refractivity contribution is 0.0288. The molecule has 0 amide bonds. The lowest BCUT2D eigenvalue weighted by Gasteiger charge is -2.49. The van der Waals surface area contributed by atoms with E-state index in [2.05, 4.69) is 36.1 Å². The van der Waals surface area contributed by atoms with Crippen LogP contribution < -0.4 is 5.73 Å². The van der Waals surface area contributed by atoms with Crippen molar-refractivity contribution in [1.29, 1.82) is 0 Å². The number of hydrogen-bond acceptors (Lipinski definition) is 2. The molecule has 2 atom stereocenters. The van der Waals surface area contributed by atoms with E-state index < -0.39 is 0 Å². The van der Waals surface area contributed by atoms with E-state index in [0.717, 1.165) is 12.3 Å². The van der Waals surface area contributed by atoms with Gasteiger partial charge in [-0.25, -0.2) is 0 Å². The Morgan fingerprint density at radius 3 is 2.71 bits per heavy atom. The number of aryl methyl sites for hydroxylation is 1. The van der Waals surface area contributed by atoms with E-state index in [1.54, 1.807) is 0 Å². The first-order valence-electron chi connectivity index (χ1n) is 6.79. The van der Waals surface area contributed by atoms with E-state index in [4.69, 9.17) is 5.73 Å². The molecule has 3 aliphatic rings. The van der Waals surface area contributed by atoms with Gasteiger partial charge in [0.1, 0.15) is 0 Å². The third kappa shape index (κ3) is 2.12. The fourth-order valence-electron chi connectivity index (χ4n) is 3.54. The first-order valence-corrected chi connectivity index (χ1v) is 6.79. The van der Waals surface area contributed by atoms with Crippen molar-refractivity contribution in [2.24, 2.45) is 11.7 Å². The average Bonchev–Trinajstić information content (AvgIpc) is 2.34. The highest BCUT2D eigenvalue weighted by Gasteiger charge is 2.39. The molecule has 3 aliphatic heterocycles. The zero-order valence-electron chi connectivity index (χ0n) is 10.6. The first kappa shape index (κ1) is 11.2. The van der Waals surface area contributed by atoms with Crippen LogP contribution in [-0.2, 0) is 6.42 Å². The summed E-state index contributed by atoms with van der Waals surface area (Å²) in [7, 11) is 0. The predicted molar refractivity (Wildman–Crippen MR) is 70.9 cm³/mol. The van der Waals surface area contributed by atoms with Crippen molar-refractivity contribution in [3.8, 4) is 0 Å². The van der Waals surface area contributed by atoms with Gasteiger partial charge in [0, 0.05) is 12.1 Å². The van der Waals surface area contributed by atoms with Gasteiger partial charge in [0.25, 0.3) is 0 Å². The summed E-state index contributed by atoms with van der Waals surface area (Å²) in [5.74, 6) is 0.773. The normalized spacial score (nSPS) is 36.1. The molecule has 2 nitrogen and oxygen atoms in total. The Bertz CT molecular complexity index is 392. The molecule has 0 spiro atoms. The molecule has 2 bridgehead atoms. The van der Waals surface area contributed by atoms with Gasteiger partial charge >= 0.3 is 0 Å². The molecule has 4 rings (SSSR count). The lowest BCUT2D eigenvalue weighted by atomic mass is 9.77. The molecule has 0 aromatic heterocycles. The monoisotopic (exact) mass is 230 g/mol. The molecule has 1 aromatic rings. The van der Waals surface area contributed by atoms with Gasteiger partial charge in [-0.1, -0.05) is 29.8 Å². The van der Waals surface area contributed by atoms with Crippen LogP contribution in [0.25, 0.3) is 0 Å². The minimum absolute atomic E-state index is 0.387. The van der Waals surface area contributed by atoms with Crippen molar-refractivity contribution < 1.29 is 0 Å². The Hall–Kier alpha value is -0.860. The molecule has 3 saturated heterocycles. The molecule has 3 fully saturated rings. The van der Waals surface area contributed by atoms with Crippen LogP contribution in [0.3, 0.4) is 0 Å². The largest absolute Gasteiger partial charge is 0.326 e. The Morgan fingerprint density at radius 2 is 2.06 bits per heavy atom. The van der Waals surface area contributed by atoms with Gasteiger partial charge in [0.15, 0.2) is 0 Å². The first-order chi connectivity index (χ1) is 8.24. The third-order valence-electron chi connectivity index (χ3n) is 4.56. The van der Waals surface area contributed by atoms with Crippen LogP contribution in [0.4, 0.5) is 0 Å². The van der Waals surface area contributed by atoms with Gasteiger partial charge in [0.2, 0.25) is 0 Å². The van der Waals surface area contributed by atoms with Gasteiger partial charge in [-0.15, -0.1) is 0 Å². The standard InChI is InChI=1S/C15H22N2/c1-11-3-2-4-12(9-11)10-14-15(16)13-5-7-17(14)8-6-13/h2-4,9,13-15H,5-8,10,16H2,1H3. The number of rotatable bonds is 2. The molecule has 2 unspecified atom stereocenters. The van der Waals surface area contributed by atoms with E-state index >= 15 is 0 Å². The van der Waals surface area contributed by atoms with Crippen LogP contribution in [0.5, 0.6) is 0 Å². The topological polar surface area (TPSA) is 29.3 Å². The summed E-state index contributed by atoms with van der Waals surface area (Å²) in [6.45, 7) is 4.68. The summed E-state index contributed by atoms with van der Waals surface area (Å²) >= 11 is 0. The van der Waals surface area contributed by atoms with Crippen LogP contribution >= 0.6 is 0 Å². The van der Waals surface area contributed by atoms with Crippen LogP contribution in [0.1, 0.15) is 24.0 Å². The number of nitrogens with zero attached hydrogens (tertiary/aromatic N) is 1. The second-order valence-corrected chi connectivity index (χ2v) is 5.71. The third-order valence-corrected chi connectivity index (χ3v) is 4.56. The van der Waals surface area contributed by atoms with Crippen molar-refractivity contribution >= 4 is 0 Å². The summed E-state index contributed by atoms with van der Waals surface area (Å²) in [6.07, 6.45) is 3.75. The molecule has 2 N–H and O–H groups in total. The predicted octanol–water partition coefficient (Wildman–Crippen LogP) is 1.96. The summed E-state index contributed by atoms with van der Waals surface area (Å²) in [6, 6.07) is 9.82. The Balaban J connectivity index is 1.76. The second kappa shape index (κ2) is 4.43. The minimum atomic E-state index is 0.387. The molecule has 0 aliphatic carbocycles. The molecule has 2 heteroatoms. The van der Waals surface area contributed by atoms with Gasteiger partial charge in [0.05, 0.1) is 0 Å². The molecule has 92 valence electrons. The molecule has 0 saturated carbocycles. The number of fused-ring (bicyclic) bond motifs is 3. The van der Waals surface area contributed by atoms with Crippen LogP contribution in [0.15, 0.2) is 24.3 Å². The van der Waals surface area contributed by atoms with E-state index in [-0.39, 0.29) is 0 Å². The Kier molecular flexibility index (Phi) is 2.93. The van der Waals surface area contributed by atoms with Crippen molar-refractivity contribution in [3.63, 3.8) is 0 Å². The van der Waals surface area contributed by atoms with Gasteiger partial charge in [-0.2, -0.15) is 0 Å². The van der Waals surface area contributed by atoms with E-state index in [1.165, 1.54) is 37.1 Å². The van der Waals surface area contributed by atoms with Crippen molar-refractivity contribution in [2.75, 3.05) is 13.1 Å². The Labute approximate surface area is 104 Å². The average molecular weight is 230 g/mol. The summed E-state index contributed by atoms with van der Waals surface area (Å²) < 4.78 is 0. The maximum Gasteiger partial charge on any atom is 0.0290 e. The smallest absolute Gasteiger partial charge is 0.0290 e. The molecule has 17 heavy (non-hydrogen) atoms. The summed E-state index contributed by atoms with van der Waals surface area (Å²) in [5, 5.41) is 0. The van der Waals surface area contributed by atoms with Crippen molar-refractivity contribution in [1.82, 2.24) is 4.90 Å². The number of nitrogens with two attached hydrogens (primary N) is 1. The lowest BCUT2D eigenvalue weighted by Crippen LogP contribution is -2.61. The molecule has 1 aromatic carbocycles. The quantitative estimate of drug-likeness (QED) is 0.841. The molecule has 0 radical (unpaired) electrons. The van der Waals surface area contributed by atoms with E-state index in [9.17, 15) is 0 Å². The summed E-state index contributed by atoms with van der Waals surface area (Å²) in [4.78, 5) is 2.60. The fourth-order valence-corrected chi connectivity index (χ4v) is 3.54. The second-order valence-electron chi connectivity index (χ2n) is 5.71. The minimum Gasteiger partial charge on any atom is -0.326 e. The molecule has 3 heterocycles.